The van der Waals surface area contributed by atoms with E-state index in [1.165, 1.54) is 0 Å². The smallest absolute Gasteiger partial charge is 0.251 e. The third kappa shape index (κ3) is 5.57. The van der Waals surface area contributed by atoms with Gasteiger partial charge in [-0.15, -0.1) is 0 Å². The van der Waals surface area contributed by atoms with Crippen molar-refractivity contribution < 1.29 is 9.53 Å². The van der Waals surface area contributed by atoms with Gasteiger partial charge in [-0.1, -0.05) is 26.0 Å². The zero-order chi connectivity index (χ0) is 25.6. The minimum Gasteiger partial charge on any atom is -0.378 e. The van der Waals surface area contributed by atoms with Gasteiger partial charge in [0.2, 0.25) is 5.95 Å². The summed E-state index contributed by atoms with van der Waals surface area (Å²) in [4.78, 5) is 34.0. The Morgan fingerprint density at radius 3 is 2.68 bits per heavy atom. The predicted molar refractivity (Wildman–Crippen MR) is 146 cm³/mol. The Labute approximate surface area is 218 Å². The van der Waals surface area contributed by atoms with E-state index in [1.54, 1.807) is 6.20 Å². The molecule has 4 heterocycles. The summed E-state index contributed by atoms with van der Waals surface area (Å²) in [6, 6.07) is 11.8. The Morgan fingerprint density at radius 2 is 1.92 bits per heavy atom. The van der Waals surface area contributed by atoms with Gasteiger partial charge in [0.25, 0.3) is 5.91 Å². The van der Waals surface area contributed by atoms with Crippen LogP contribution < -0.4 is 15.1 Å². The summed E-state index contributed by atoms with van der Waals surface area (Å²) in [5.74, 6) is 1.54. The monoisotopic (exact) mass is 501 g/mol. The first-order valence-corrected chi connectivity index (χ1v) is 13.2. The van der Waals surface area contributed by atoms with Crippen molar-refractivity contribution in [3.8, 4) is 11.3 Å². The second-order valence-electron chi connectivity index (χ2n) is 9.25. The fraction of sp³-hybridized carbons (Fsp3) is 0.429. The molecule has 9 heteroatoms. The van der Waals surface area contributed by atoms with Gasteiger partial charge in [0, 0.05) is 55.6 Å². The van der Waals surface area contributed by atoms with E-state index < -0.39 is 0 Å². The van der Waals surface area contributed by atoms with Crippen LogP contribution in [0.1, 0.15) is 29.8 Å². The number of carbonyl (C=O) groups is 1. The number of aromatic nitrogens is 3. The Hall–Kier alpha value is -3.56. The largest absolute Gasteiger partial charge is 0.378 e. The standard InChI is InChI=1S/C28H35N7O2/c1-3-33(4-2)14-12-30-27(36)22-8-5-7-21(19-22)25-24-10-13-35(23-9-6-11-29-20-23)26(24)32-28(31-25)34-15-17-37-18-16-34/h5-9,11,19-20H,3-4,10,12-18H2,1-2H3,(H,30,36). The summed E-state index contributed by atoms with van der Waals surface area (Å²) in [6.45, 7) is 11.3. The number of carbonyl (C=O) groups excluding carboxylic acids is 1. The van der Waals surface area contributed by atoms with Crippen LogP contribution in [0.15, 0.2) is 48.8 Å². The highest BCUT2D eigenvalue weighted by molar-refractivity contribution is 5.95. The summed E-state index contributed by atoms with van der Waals surface area (Å²) in [7, 11) is 0. The molecule has 0 atom stereocenters. The number of benzene rings is 1. The van der Waals surface area contributed by atoms with Crippen LogP contribution in [0.4, 0.5) is 17.5 Å². The van der Waals surface area contributed by atoms with Gasteiger partial charge in [-0.25, -0.2) is 4.98 Å². The van der Waals surface area contributed by atoms with Crippen LogP contribution in [0, 0.1) is 0 Å². The number of hydrogen-bond donors (Lipinski definition) is 1. The van der Waals surface area contributed by atoms with Crippen LogP contribution in [0.5, 0.6) is 0 Å². The average Bonchev–Trinajstić information content (AvgIpc) is 3.40. The van der Waals surface area contributed by atoms with Crippen molar-refractivity contribution in [2.75, 3.05) is 68.8 Å². The maximum atomic E-state index is 13.0. The molecule has 1 aromatic carbocycles. The molecule has 194 valence electrons. The molecule has 1 fully saturated rings. The van der Waals surface area contributed by atoms with Crippen LogP contribution in [-0.4, -0.2) is 84.8 Å². The maximum absolute atomic E-state index is 13.0. The van der Waals surface area contributed by atoms with Gasteiger partial charge < -0.3 is 24.8 Å². The molecule has 0 radical (unpaired) electrons. The molecule has 0 bridgehead atoms. The minimum atomic E-state index is -0.0647. The van der Waals surface area contributed by atoms with Crippen LogP contribution in [0.25, 0.3) is 11.3 Å². The fourth-order valence-electron chi connectivity index (χ4n) is 4.93. The normalized spacial score (nSPS) is 15.2. The molecule has 2 aliphatic heterocycles. The van der Waals surface area contributed by atoms with Crippen molar-refractivity contribution in [3.63, 3.8) is 0 Å². The summed E-state index contributed by atoms with van der Waals surface area (Å²) in [6.07, 6.45) is 4.47. The lowest BCUT2D eigenvalue weighted by Gasteiger charge is -2.28. The Bertz CT molecular complexity index is 1210. The Kier molecular flexibility index (Phi) is 7.91. The van der Waals surface area contributed by atoms with Gasteiger partial charge >= 0.3 is 0 Å². The zero-order valence-electron chi connectivity index (χ0n) is 21.7. The number of nitrogens with one attached hydrogen (secondary N) is 1. The molecule has 2 aliphatic rings. The van der Waals surface area contributed by atoms with Crippen molar-refractivity contribution in [2.45, 2.75) is 20.3 Å². The second-order valence-corrected chi connectivity index (χ2v) is 9.25. The van der Waals surface area contributed by atoms with Crippen molar-refractivity contribution in [1.82, 2.24) is 25.2 Å². The summed E-state index contributed by atoms with van der Waals surface area (Å²) in [5, 5.41) is 3.07. The van der Waals surface area contributed by atoms with Gasteiger partial charge in [0.15, 0.2) is 0 Å². The highest BCUT2D eigenvalue weighted by Crippen LogP contribution is 2.39. The number of rotatable bonds is 9. The first-order valence-electron chi connectivity index (χ1n) is 13.2. The minimum absolute atomic E-state index is 0.0647. The molecule has 1 amide bonds. The highest BCUT2D eigenvalue weighted by Gasteiger charge is 2.29. The highest BCUT2D eigenvalue weighted by atomic mass is 16.5. The lowest BCUT2D eigenvalue weighted by atomic mass is 10.0. The van der Waals surface area contributed by atoms with Gasteiger partial charge in [-0.2, -0.15) is 4.98 Å². The molecule has 0 saturated carbocycles. The SMILES string of the molecule is CCN(CC)CCNC(=O)c1cccc(-c2nc(N3CCOCC3)nc3c2CCN3c2cccnc2)c1. The first kappa shape index (κ1) is 25.1. The van der Waals surface area contributed by atoms with E-state index in [0.29, 0.717) is 31.3 Å². The number of morpholine rings is 1. The van der Waals surface area contributed by atoms with E-state index in [-0.39, 0.29) is 5.91 Å². The summed E-state index contributed by atoms with van der Waals surface area (Å²) >= 11 is 0. The summed E-state index contributed by atoms with van der Waals surface area (Å²) < 4.78 is 5.56. The van der Waals surface area contributed by atoms with E-state index in [1.807, 2.05) is 36.5 Å². The molecule has 3 aromatic rings. The number of amides is 1. The maximum Gasteiger partial charge on any atom is 0.251 e. The van der Waals surface area contributed by atoms with Crippen molar-refractivity contribution in [2.24, 2.45) is 0 Å². The van der Waals surface area contributed by atoms with E-state index in [4.69, 9.17) is 14.7 Å². The molecule has 2 aromatic heterocycles. The fourth-order valence-corrected chi connectivity index (χ4v) is 4.93. The number of hydrogen-bond acceptors (Lipinski definition) is 8. The molecule has 9 nitrogen and oxygen atoms in total. The van der Waals surface area contributed by atoms with E-state index >= 15 is 0 Å². The molecule has 0 spiro atoms. The van der Waals surface area contributed by atoms with Crippen LogP contribution in [0.2, 0.25) is 0 Å². The molecular formula is C28H35N7O2. The lowest BCUT2D eigenvalue weighted by molar-refractivity contribution is 0.0949. The predicted octanol–water partition coefficient (Wildman–Crippen LogP) is 3.14. The van der Waals surface area contributed by atoms with Gasteiger partial charge in [0.1, 0.15) is 5.82 Å². The van der Waals surface area contributed by atoms with Gasteiger partial charge in [0.05, 0.1) is 30.8 Å². The molecule has 5 rings (SSSR count). The quantitative estimate of drug-likeness (QED) is 0.479. The Balaban J connectivity index is 1.47. The topological polar surface area (TPSA) is 86.7 Å². The van der Waals surface area contributed by atoms with Crippen molar-refractivity contribution in [1.29, 1.82) is 0 Å². The molecule has 0 unspecified atom stereocenters. The van der Waals surface area contributed by atoms with E-state index in [0.717, 1.165) is 74.0 Å². The number of fused-ring (bicyclic) bond motifs is 1. The molecule has 0 aliphatic carbocycles. The van der Waals surface area contributed by atoms with Crippen LogP contribution in [-0.2, 0) is 11.2 Å². The number of likely N-dealkylation sites (N-methyl/N-ethyl adjacent to an activating group) is 1. The van der Waals surface area contributed by atoms with Crippen LogP contribution in [0.3, 0.4) is 0 Å². The average molecular weight is 502 g/mol. The molecule has 1 N–H and O–H groups in total. The van der Waals surface area contributed by atoms with Crippen molar-refractivity contribution >= 4 is 23.4 Å². The van der Waals surface area contributed by atoms with Gasteiger partial charge in [-0.3, -0.25) is 9.78 Å². The third-order valence-electron chi connectivity index (χ3n) is 7.07. The number of ether oxygens (including phenoxy) is 1. The van der Waals surface area contributed by atoms with Crippen molar-refractivity contribution in [3.05, 3.63) is 59.9 Å². The molecular weight excluding hydrogens is 466 g/mol. The third-order valence-corrected chi connectivity index (χ3v) is 7.07. The number of pyridine rings is 1. The summed E-state index contributed by atoms with van der Waals surface area (Å²) in [5.41, 5.74) is 4.56. The van der Waals surface area contributed by atoms with E-state index in [9.17, 15) is 4.79 Å². The zero-order valence-corrected chi connectivity index (χ0v) is 21.7. The molecule has 37 heavy (non-hydrogen) atoms. The number of anilines is 3. The lowest BCUT2D eigenvalue weighted by Crippen LogP contribution is -2.37. The van der Waals surface area contributed by atoms with Crippen LogP contribution >= 0.6 is 0 Å². The first-order chi connectivity index (χ1) is 18.2. The number of nitrogens with zero attached hydrogens (tertiary/aromatic N) is 6. The van der Waals surface area contributed by atoms with E-state index in [2.05, 4.69) is 44.9 Å². The Morgan fingerprint density at radius 1 is 1.08 bits per heavy atom. The molecule has 1 saturated heterocycles. The van der Waals surface area contributed by atoms with Gasteiger partial charge in [-0.05, 0) is 43.8 Å². The second kappa shape index (κ2) is 11.7.